The smallest absolute Gasteiger partial charge is 0.227 e. The zero-order valence-corrected chi connectivity index (χ0v) is 19.1. The van der Waals surface area contributed by atoms with Gasteiger partial charge in [0.1, 0.15) is 16.9 Å². The molecule has 0 spiro atoms. The molecular weight excluding hydrogens is 414 g/mol. The molecule has 4 rings (SSSR count). The van der Waals surface area contributed by atoms with E-state index in [4.69, 9.17) is 21.3 Å². The predicted octanol–water partition coefficient (Wildman–Crippen LogP) is 3.83. The number of halogens is 1. The van der Waals surface area contributed by atoms with Gasteiger partial charge in [0, 0.05) is 33.5 Å². The van der Waals surface area contributed by atoms with Gasteiger partial charge in [0.2, 0.25) is 11.9 Å². The van der Waals surface area contributed by atoms with Gasteiger partial charge in [-0.2, -0.15) is 4.98 Å². The Morgan fingerprint density at radius 3 is 2.74 bits per heavy atom. The van der Waals surface area contributed by atoms with Gasteiger partial charge in [-0.1, -0.05) is 23.7 Å². The summed E-state index contributed by atoms with van der Waals surface area (Å²) in [7, 11) is 2.04. The number of ether oxygens (including phenoxy) is 1. The van der Waals surface area contributed by atoms with Crippen molar-refractivity contribution in [3.8, 4) is 5.75 Å². The second-order valence-electron chi connectivity index (χ2n) is 8.63. The largest absolute Gasteiger partial charge is 0.489 e. The predicted molar refractivity (Wildman–Crippen MR) is 123 cm³/mol. The van der Waals surface area contributed by atoms with Gasteiger partial charge in [-0.15, -0.1) is 0 Å². The lowest BCUT2D eigenvalue weighted by atomic mass is 10.1. The summed E-state index contributed by atoms with van der Waals surface area (Å²) in [4.78, 5) is 24.7. The molecule has 0 bridgehead atoms. The second-order valence-corrected chi connectivity index (χ2v) is 9.04. The van der Waals surface area contributed by atoms with E-state index in [-0.39, 0.29) is 18.1 Å². The van der Waals surface area contributed by atoms with Gasteiger partial charge in [0.15, 0.2) is 5.82 Å². The van der Waals surface area contributed by atoms with Crippen LogP contribution < -0.4 is 19.9 Å². The van der Waals surface area contributed by atoms with Gasteiger partial charge in [-0.25, -0.2) is 4.98 Å². The van der Waals surface area contributed by atoms with Crippen molar-refractivity contribution in [3.63, 3.8) is 0 Å². The quantitative estimate of drug-likeness (QED) is 0.668. The van der Waals surface area contributed by atoms with Crippen LogP contribution in [-0.4, -0.2) is 48.7 Å². The van der Waals surface area contributed by atoms with Crippen molar-refractivity contribution in [3.05, 3.63) is 41.0 Å². The van der Waals surface area contributed by atoms with Gasteiger partial charge >= 0.3 is 0 Å². The Morgan fingerprint density at radius 2 is 2.06 bits per heavy atom. The van der Waals surface area contributed by atoms with Crippen LogP contribution in [0.2, 0.25) is 5.02 Å². The molecule has 1 amide bonds. The number of aromatic nitrogens is 2. The zero-order chi connectivity index (χ0) is 22.0. The number of hydrogen-bond acceptors (Lipinski definition) is 6. The summed E-state index contributed by atoms with van der Waals surface area (Å²) >= 11 is 6.43. The van der Waals surface area contributed by atoms with Gasteiger partial charge in [-0.05, 0) is 43.4 Å². The zero-order valence-electron chi connectivity index (χ0n) is 18.3. The summed E-state index contributed by atoms with van der Waals surface area (Å²) < 4.78 is 6.20. The minimum atomic E-state index is -0.0378. The molecule has 1 saturated heterocycles. The van der Waals surface area contributed by atoms with Gasteiger partial charge < -0.3 is 19.9 Å². The molecule has 31 heavy (non-hydrogen) atoms. The summed E-state index contributed by atoms with van der Waals surface area (Å²) in [6, 6.07) is 7.87. The summed E-state index contributed by atoms with van der Waals surface area (Å²) in [5.41, 5.74) is 1.05. The third kappa shape index (κ3) is 5.58. The molecule has 2 atom stereocenters. The van der Waals surface area contributed by atoms with Crippen LogP contribution in [-0.2, 0) is 4.79 Å². The number of anilines is 2. The molecule has 1 aliphatic carbocycles. The minimum Gasteiger partial charge on any atom is -0.489 e. The molecule has 2 aliphatic rings. The Bertz CT molecular complexity index is 919. The molecule has 1 N–H and O–H groups in total. The molecule has 7 nitrogen and oxygen atoms in total. The molecule has 8 heteroatoms. The fraction of sp³-hybridized carbons (Fsp3) is 0.522. The first kappa shape index (κ1) is 21.7. The molecule has 2 aromatic rings. The number of hydrogen-bond donors (Lipinski definition) is 1. The minimum absolute atomic E-state index is 0.0272. The third-order valence-corrected chi connectivity index (χ3v) is 6.10. The fourth-order valence-electron chi connectivity index (χ4n) is 3.96. The molecule has 1 aliphatic heterocycles. The maximum Gasteiger partial charge on any atom is 0.227 e. The van der Waals surface area contributed by atoms with E-state index in [0.29, 0.717) is 5.02 Å². The summed E-state index contributed by atoms with van der Waals surface area (Å²) in [5, 5.41) is 3.46. The van der Waals surface area contributed by atoms with Crippen molar-refractivity contribution >= 4 is 29.3 Å². The number of amides is 1. The summed E-state index contributed by atoms with van der Waals surface area (Å²) in [6.45, 7) is 6.05. The van der Waals surface area contributed by atoms with Crippen molar-refractivity contribution in [2.24, 2.45) is 5.92 Å². The van der Waals surface area contributed by atoms with Gasteiger partial charge in [0.05, 0.1) is 18.8 Å². The molecular formula is C23H30ClN5O2. The molecule has 166 valence electrons. The number of carbonyl (C=O) groups excluding carboxylic acids is 1. The molecule has 0 unspecified atom stereocenters. The lowest BCUT2D eigenvalue weighted by molar-refractivity contribution is -0.119. The van der Waals surface area contributed by atoms with E-state index in [1.807, 2.05) is 38.2 Å². The van der Waals surface area contributed by atoms with Crippen LogP contribution >= 0.6 is 11.6 Å². The normalized spacial score (nSPS) is 19.2. The summed E-state index contributed by atoms with van der Waals surface area (Å²) in [5.74, 6) is 3.05. The molecule has 1 aromatic heterocycles. The average Bonchev–Trinajstić information content (AvgIpc) is 3.43. The Morgan fingerprint density at radius 1 is 1.32 bits per heavy atom. The molecule has 0 radical (unpaired) electrons. The number of nitrogens with one attached hydrogen (secondary N) is 1. The molecule has 2 fully saturated rings. The maximum absolute atomic E-state index is 11.2. The van der Waals surface area contributed by atoms with Crippen molar-refractivity contribution in [2.75, 3.05) is 36.5 Å². The third-order valence-electron chi connectivity index (χ3n) is 5.83. The van der Waals surface area contributed by atoms with Crippen LogP contribution in [0.1, 0.15) is 44.7 Å². The van der Waals surface area contributed by atoms with E-state index in [1.54, 1.807) is 6.20 Å². The first-order chi connectivity index (χ1) is 14.9. The highest BCUT2D eigenvalue weighted by molar-refractivity contribution is 6.32. The number of rotatable bonds is 8. The van der Waals surface area contributed by atoms with Crippen LogP contribution in [0, 0.1) is 5.92 Å². The monoisotopic (exact) mass is 443 g/mol. The lowest BCUT2D eigenvalue weighted by Crippen LogP contribution is -2.27. The highest BCUT2D eigenvalue weighted by Gasteiger charge is 2.28. The van der Waals surface area contributed by atoms with E-state index >= 15 is 0 Å². The van der Waals surface area contributed by atoms with E-state index in [9.17, 15) is 4.79 Å². The molecule has 1 saturated carbocycles. The van der Waals surface area contributed by atoms with Crippen molar-refractivity contribution < 1.29 is 9.53 Å². The van der Waals surface area contributed by atoms with E-state index < -0.39 is 0 Å². The number of nitrogens with zero attached hydrogens (tertiary/aromatic N) is 4. The second kappa shape index (κ2) is 9.30. The topological polar surface area (TPSA) is 70.6 Å². The average molecular weight is 444 g/mol. The first-order valence-electron chi connectivity index (χ1n) is 10.9. The van der Waals surface area contributed by atoms with Crippen LogP contribution in [0.5, 0.6) is 5.75 Å². The fourth-order valence-corrected chi connectivity index (χ4v) is 4.17. The first-order valence-corrected chi connectivity index (χ1v) is 11.3. The standard InChI is InChI=1S/C23H30ClN5O2/c1-15(26-16(2)30)18-6-8-19(9-7-18)31-20-10-11-29(14-20)22-21(24)12-25-23(27-22)28(3)13-17-4-5-17/h6-9,12,15,17,20H,4-5,10-11,13-14H2,1-3H3,(H,26,30)/t15-,20+/m0/s1. The van der Waals surface area contributed by atoms with Crippen LogP contribution in [0.15, 0.2) is 30.5 Å². The van der Waals surface area contributed by atoms with E-state index in [0.717, 1.165) is 55.1 Å². The highest BCUT2D eigenvalue weighted by Crippen LogP contribution is 2.32. The van der Waals surface area contributed by atoms with Crippen molar-refractivity contribution in [2.45, 2.75) is 45.3 Å². The van der Waals surface area contributed by atoms with Crippen molar-refractivity contribution in [1.29, 1.82) is 0 Å². The van der Waals surface area contributed by atoms with Gasteiger partial charge in [-0.3, -0.25) is 4.79 Å². The molecule has 1 aromatic carbocycles. The summed E-state index contributed by atoms with van der Waals surface area (Å²) in [6.07, 6.45) is 5.26. The Balaban J connectivity index is 1.36. The van der Waals surface area contributed by atoms with Crippen LogP contribution in [0.3, 0.4) is 0 Å². The number of benzene rings is 1. The van der Waals surface area contributed by atoms with Crippen LogP contribution in [0.4, 0.5) is 11.8 Å². The Hall–Kier alpha value is -2.54. The SMILES string of the molecule is CC(=O)N[C@@H](C)c1ccc(O[C@@H]2CCN(c3nc(N(C)CC4CC4)ncc3Cl)C2)cc1. The highest BCUT2D eigenvalue weighted by atomic mass is 35.5. The Kier molecular flexibility index (Phi) is 6.51. The Labute approximate surface area is 188 Å². The van der Waals surface area contributed by atoms with Crippen molar-refractivity contribution in [1.82, 2.24) is 15.3 Å². The lowest BCUT2D eigenvalue weighted by Gasteiger charge is -2.22. The van der Waals surface area contributed by atoms with Crippen LogP contribution in [0.25, 0.3) is 0 Å². The molecule has 2 heterocycles. The van der Waals surface area contributed by atoms with E-state index in [1.165, 1.54) is 19.8 Å². The maximum atomic E-state index is 11.2. The number of carbonyl (C=O) groups is 1. The van der Waals surface area contributed by atoms with Gasteiger partial charge in [0.25, 0.3) is 0 Å². The van der Waals surface area contributed by atoms with E-state index in [2.05, 4.69) is 20.1 Å².